The summed E-state index contributed by atoms with van der Waals surface area (Å²) in [5.74, 6) is 0.556. The Morgan fingerprint density at radius 2 is 2.11 bits per heavy atom. The molecule has 2 N–H and O–H groups in total. The molecule has 0 unspecified atom stereocenters. The van der Waals surface area contributed by atoms with Crippen molar-refractivity contribution in [3.05, 3.63) is 0 Å². The number of hydrogen-bond acceptors (Lipinski definition) is 3. The first-order chi connectivity index (χ1) is 8.65. The van der Waals surface area contributed by atoms with Crippen molar-refractivity contribution in [2.75, 3.05) is 27.2 Å². The first kappa shape index (κ1) is 14.8. The van der Waals surface area contributed by atoms with Gasteiger partial charge in [0, 0.05) is 20.1 Å². The second-order valence-corrected chi connectivity index (χ2v) is 4.89. The van der Waals surface area contributed by atoms with Gasteiger partial charge < -0.3 is 15.4 Å². The summed E-state index contributed by atoms with van der Waals surface area (Å²) in [6.07, 6.45) is 5.50. The number of nitrogens with zero attached hydrogens (tertiary/aromatic N) is 1. The van der Waals surface area contributed by atoms with Crippen LogP contribution < -0.4 is 10.6 Å². The minimum atomic E-state index is -0.207. The Labute approximate surface area is 109 Å². The number of carbonyl (C=O) groups is 1. The number of rotatable bonds is 6. The second kappa shape index (κ2) is 7.24. The van der Waals surface area contributed by atoms with Crippen molar-refractivity contribution in [1.82, 2.24) is 10.6 Å². The maximum Gasteiger partial charge on any atom is 0.307 e. The van der Waals surface area contributed by atoms with Crippen LogP contribution in [0.1, 0.15) is 39.0 Å². The molecule has 0 aromatic rings. The van der Waals surface area contributed by atoms with E-state index in [1.54, 1.807) is 7.05 Å². The van der Waals surface area contributed by atoms with E-state index in [0.717, 1.165) is 12.5 Å². The Balaban J connectivity index is 2.23. The molecular formula is C13H25N3O2. The molecule has 0 aromatic carbocycles. The third-order valence-corrected chi connectivity index (χ3v) is 3.87. The first-order valence-corrected chi connectivity index (χ1v) is 6.67. The number of ether oxygens (including phenoxy) is 1. The van der Waals surface area contributed by atoms with Crippen LogP contribution in [0.25, 0.3) is 0 Å². The van der Waals surface area contributed by atoms with Crippen molar-refractivity contribution in [1.29, 1.82) is 0 Å². The zero-order chi connectivity index (χ0) is 13.4. The molecule has 0 aliphatic heterocycles. The average molecular weight is 255 g/mol. The number of nitrogens with one attached hydrogen (secondary N) is 2. The second-order valence-electron chi connectivity index (χ2n) is 4.89. The van der Waals surface area contributed by atoms with Gasteiger partial charge in [0.15, 0.2) is 5.96 Å². The van der Waals surface area contributed by atoms with Gasteiger partial charge in [-0.25, -0.2) is 0 Å². The predicted molar refractivity (Wildman–Crippen MR) is 72.6 cm³/mol. The quantitative estimate of drug-likeness (QED) is 0.426. The molecule has 1 aliphatic rings. The number of aliphatic imine (C=N–C) groups is 1. The Bertz CT molecular complexity index is 293. The lowest BCUT2D eigenvalue weighted by molar-refractivity contribution is -0.140. The maximum absolute atomic E-state index is 11.0. The fourth-order valence-electron chi connectivity index (χ4n) is 2.21. The SMILES string of the molecule is CCC1(CNC(=NC)NCCC(=O)OC)CCC1. The van der Waals surface area contributed by atoms with Crippen LogP contribution >= 0.6 is 0 Å². The lowest BCUT2D eigenvalue weighted by Gasteiger charge is -2.41. The molecule has 0 saturated heterocycles. The molecule has 104 valence electrons. The van der Waals surface area contributed by atoms with Crippen LogP contribution in [0.4, 0.5) is 0 Å². The number of methoxy groups -OCH3 is 1. The van der Waals surface area contributed by atoms with Gasteiger partial charge >= 0.3 is 5.97 Å². The van der Waals surface area contributed by atoms with Crippen molar-refractivity contribution in [2.45, 2.75) is 39.0 Å². The molecule has 0 heterocycles. The monoisotopic (exact) mass is 255 g/mol. The van der Waals surface area contributed by atoms with Crippen LogP contribution in [0, 0.1) is 5.41 Å². The van der Waals surface area contributed by atoms with E-state index in [2.05, 4.69) is 27.3 Å². The molecule has 18 heavy (non-hydrogen) atoms. The van der Waals surface area contributed by atoms with E-state index >= 15 is 0 Å². The topological polar surface area (TPSA) is 62.7 Å². The van der Waals surface area contributed by atoms with E-state index in [1.807, 2.05) is 0 Å². The van der Waals surface area contributed by atoms with E-state index in [0.29, 0.717) is 18.4 Å². The summed E-state index contributed by atoms with van der Waals surface area (Å²) in [5.41, 5.74) is 0.458. The molecular weight excluding hydrogens is 230 g/mol. The maximum atomic E-state index is 11.0. The fourth-order valence-corrected chi connectivity index (χ4v) is 2.21. The van der Waals surface area contributed by atoms with Crippen molar-refractivity contribution >= 4 is 11.9 Å². The van der Waals surface area contributed by atoms with Crippen LogP contribution in [0.15, 0.2) is 4.99 Å². The summed E-state index contributed by atoms with van der Waals surface area (Å²) in [5, 5.41) is 6.46. The van der Waals surface area contributed by atoms with Gasteiger partial charge in [0.2, 0.25) is 0 Å². The third kappa shape index (κ3) is 4.20. The molecule has 0 atom stereocenters. The molecule has 5 nitrogen and oxygen atoms in total. The van der Waals surface area contributed by atoms with Gasteiger partial charge in [-0.05, 0) is 24.7 Å². The number of guanidine groups is 1. The Morgan fingerprint density at radius 1 is 1.39 bits per heavy atom. The summed E-state index contributed by atoms with van der Waals surface area (Å²) < 4.78 is 4.58. The van der Waals surface area contributed by atoms with Crippen LogP contribution in [0.3, 0.4) is 0 Å². The molecule has 1 fully saturated rings. The van der Waals surface area contributed by atoms with Crippen LogP contribution in [0.5, 0.6) is 0 Å². The van der Waals surface area contributed by atoms with E-state index in [1.165, 1.54) is 32.8 Å². The predicted octanol–water partition coefficient (Wildman–Crippen LogP) is 1.29. The van der Waals surface area contributed by atoms with E-state index in [-0.39, 0.29) is 5.97 Å². The van der Waals surface area contributed by atoms with Gasteiger partial charge in [-0.1, -0.05) is 13.3 Å². The normalized spacial score (nSPS) is 17.8. The van der Waals surface area contributed by atoms with Crippen LogP contribution in [-0.2, 0) is 9.53 Å². The van der Waals surface area contributed by atoms with Gasteiger partial charge in [-0.2, -0.15) is 0 Å². The van der Waals surface area contributed by atoms with Gasteiger partial charge in [-0.15, -0.1) is 0 Å². The van der Waals surface area contributed by atoms with Gasteiger partial charge in [-0.3, -0.25) is 9.79 Å². The molecule has 0 bridgehead atoms. The Morgan fingerprint density at radius 3 is 2.56 bits per heavy atom. The fraction of sp³-hybridized carbons (Fsp3) is 0.846. The highest BCUT2D eigenvalue weighted by atomic mass is 16.5. The summed E-state index contributed by atoms with van der Waals surface area (Å²) in [7, 11) is 3.14. The first-order valence-electron chi connectivity index (χ1n) is 6.67. The standard InChI is InChI=1S/C13H25N3O2/c1-4-13(7-5-8-13)10-16-12(14-2)15-9-6-11(17)18-3/h4-10H2,1-3H3,(H2,14,15,16). The van der Waals surface area contributed by atoms with Crippen LogP contribution in [-0.4, -0.2) is 39.2 Å². The molecule has 0 radical (unpaired) electrons. The Hall–Kier alpha value is -1.26. The molecule has 1 rings (SSSR count). The molecule has 0 spiro atoms. The summed E-state index contributed by atoms with van der Waals surface area (Å²) in [6, 6.07) is 0. The lowest BCUT2D eigenvalue weighted by Crippen LogP contribution is -2.46. The molecule has 5 heteroatoms. The van der Waals surface area contributed by atoms with E-state index < -0.39 is 0 Å². The number of esters is 1. The van der Waals surface area contributed by atoms with Crippen molar-refractivity contribution in [3.63, 3.8) is 0 Å². The highest BCUT2D eigenvalue weighted by Gasteiger charge is 2.34. The largest absolute Gasteiger partial charge is 0.469 e. The summed E-state index contributed by atoms with van der Waals surface area (Å²) >= 11 is 0. The van der Waals surface area contributed by atoms with Crippen LogP contribution in [0.2, 0.25) is 0 Å². The van der Waals surface area contributed by atoms with E-state index in [9.17, 15) is 4.79 Å². The minimum absolute atomic E-state index is 0.207. The molecule has 0 aromatic heterocycles. The lowest BCUT2D eigenvalue weighted by atomic mass is 9.67. The van der Waals surface area contributed by atoms with Gasteiger partial charge in [0.1, 0.15) is 0 Å². The summed E-state index contributed by atoms with van der Waals surface area (Å²) in [4.78, 5) is 15.1. The smallest absolute Gasteiger partial charge is 0.307 e. The number of carbonyl (C=O) groups excluding carboxylic acids is 1. The molecule has 1 aliphatic carbocycles. The summed E-state index contributed by atoms with van der Waals surface area (Å²) in [6.45, 7) is 3.75. The van der Waals surface area contributed by atoms with Crippen molar-refractivity contribution in [3.8, 4) is 0 Å². The third-order valence-electron chi connectivity index (χ3n) is 3.87. The zero-order valence-electron chi connectivity index (χ0n) is 11.7. The van der Waals surface area contributed by atoms with Gasteiger partial charge in [0.05, 0.1) is 13.5 Å². The molecule has 1 saturated carbocycles. The average Bonchev–Trinajstić information content (AvgIpc) is 2.35. The highest BCUT2D eigenvalue weighted by molar-refractivity contribution is 5.80. The van der Waals surface area contributed by atoms with Crippen molar-refractivity contribution in [2.24, 2.45) is 10.4 Å². The highest BCUT2D eigenvalue weighted by Crippen LogP contribution is 2.42. The number of hydrogen-bond donors (Lipinski definition) is 2. The van der Waals surface area contributed by atoms with Crippen molar-refractivity contribution < 1.29 is 9.53 Å². The molecule has 0 amide bonds. The van der Waals surface area contributed by atoms with Gasteiger partial charge in [0.25, 0.3) is 0 Å². The minimum Gasteiger partial charge on any atom is -0.469 e. The van der Waals surface area contributed by atoms with E-state index in [4.69, 9.17) is 0 Å². The Kier molecular flexibility index (Phi) is 5.95. The zero-order valence-corrected chi connectivity index (χ0v) is 11.7.